The van der Waals surface area contributed by atoms with Crippen molar-refractivity contribution in [2.45, 2.75) is 12.8 Å². The molecule has 5 N–H and O–H groups in total. The van der Waals surface area contributed by atoms with Crippen molar-refractivity contribution in [1.82, 2.24) is 5.32 Å². The standard InChI is InChI=1S/C22H35N5S2/c28-17-15-26-21-7-3-19(4-8-21)24-13-1-11-23-12-2-14-25-20-5-9-22(10-6-20)27-16-18-29/h3-10,23-29H,1-2,11-18H2. The summed E-state index contributed by atoms with van der Waals surface area (Å²) in [5.41, 5.74) is 4.61. The van der Waals surface area contributed by atoms with Gasteiger partial charge in [-0.05, 0) is 74.5 Å². The van der Waals surface area contributed by atoms with Crippen LogP contribution >= 0.6 is 25.3 Å². The van der Waals surface area contributed by atoms with Crippen molar-refractivity contribution in [2.75, 3.05) is 72.0 Å². The van der Waals surface area contributed by atoms with Gasteiger partial charge in [-0.15, -0.1) is 0 Å². The molecule has 160 valence electrons. The predicted octanol–water partition coefficient (Wildman–Crippen LogP) is 4.26. The number of hydrogen-bond donors (Lipinski definition) is 7. The Hall–Kier alpha value is -1.70. The molecule has 0 radical (unpaired) electrons. The van der Waals surface area contributed by atoms with Crippen molar-refractivity contribution in [3.8, 4) is 0 Å². The third kappa shape index (κ3) is 10.6. The lowest BCUT2D eigenvalue weighted by molar-refractivity contribution is 0.643. The number of benzene rings is 2. The lowest BCUT2D eigenvalue weighted by atomic mass is 10.2. The Balaban J connectivity index is 1.45. The Morgan fingerprint density at radius 2 is 0.759 bits per heavy atom. The van der Waals surface area contributed by atoms with Crippen LogP contribution in [-0.2, 0) is 0 Å². The van der Waals surface area contributed by atoms with Gasteiger partial charge < -0.3 is 26.6 Å². The molecule has 0 amide bonds. The molecule has 29 heavy (non-hydrogen) atoms. The number of anilines is 4. The van der Waals surface area contributed by atoms with E-state index in [1.54, 1.807) is 0 Å². The van der Waals surface area contributed by atoms with Gasteiger partial charge in [-0.2, -0.15) is 25.3 Å². The van der Waals surface area contributed by atoms with Crippen LogP contribution in [0.2, 0.25) is 0 Å². The van der Waals surface area contributed by atoms with Crippen molar-refractivity contribution in [1.29, 1.82) is 0 Å². The molecule has 0 spiro atoms. The third-order valence-electron chi connectivity index (χ3n) is 4.37. The summed E-state index contributed by atoms with van der Waals surface area (Å²) < 4.78 is 0. The molecule has 0 aliphatic carbocycles. The molecule has 0 heterocycles. The van der Waals surface area contributed by atoms with Crippen LogP contribution in [0.15, 0.2) is 48.5 Å². The molecule has 0 saturated carbocycles. The molecule has 0 aromatic heterocycles. The highest BCUT2D eigenvalue weighted by molar-refractivity contribution is 7.80. The molecule has 0 bridgehead atoms. The van der Waals surface area contributed by atoms with Crippen LogP contribution in [-0.4, -0.2) is 50.8 Å². The monoisotopic (exact) mass is 433 g/mol. The fourth-order valence-corrected chi connectivity index (χ4v) is 3.05. The van der Waals surface area contributed by atoms with E-state index in [1.165, 1.54) is 0 Å². The molecule has 5 nitrogen and oxygen atoms in total. The molecule has 0 saturated heterocycles. The minimum Gasteiger partial charge on any atom is -0.385 e. The van der Waals surface area contributed by atoms with E-state index >= 15 is 0 Å². The van der Waals surface area contributed by atoms with Crippen LogP contribution in [0.25, 0.3) is 0 Å². The summed E-state index contributed by atoms with van der Waals surface area (Å²) in [5.74, 6) is 1.68. The zero-order valence-corrected chi connectivity index (χ0v) is 18.9. The Bertz CT molecular complexity index is 592. The second-order valence-corrected chi connectivity index (χ2v) is 7.66. The first-order valence-corrected chi connectivity index (χ1v) is 11.7. The van der Waals surface area contributed by atoms with Crippen molar-refractivity contribution in [3.63, 3.8) is 0 Å². The smallest absolute Gasteiger partial charge is 0.0341 e. The van der Waals surface area contributed by atoms with Gasteiger partial charge in [-0.25, -0.2) is 0 Å². The van der Waals surface area contributed by atoms with Crippen molar-refractivity contribution in [2.24, 2.45) is 0 Å². The zero-order chi connectivity index (χ0) is 20.6. The van der Waals surface area contributed by atoms with Gasteiger partial charge in [0.1, 0.15) is 0 Å². The molecule has 0 aliphatic rings. The third-order valence-corrected chi connectivity index (χ3v) is 4.82. The van der Waals surface area contributed by atoms with Gasteiger partial charge in [0.15, 0.2) is 0 Å². The molecule has 0 aliphatic heterocycles. The maximum atomic E-state index is 4.20. The van der Waals surface area contributed by atoms with Crippen LogP contribution in [0, 0.1) is 0 Å². The summed E-state index contributed by atoms with van der Waals surface area (Å²) in [7, 11) is 0. The fraction of sp³-hybridized carbons (Fsp3) is 0.455. The molecule has 7 heteroatoms. The van der Waals surface area contributed by atoms with Gasteiger partial charge in [-0.3, -0.25) is 0 Å². The van der Waals surface area contributed by atoms with Gasteiger partial charge in [0, 0.05) is 60.4 Å². The first-order chi connectivity index (χ1) is 14.3. The van der Waals surface area contributed by atoms with Crippen LogP contribution in [0.4, 0.5) is 22.7 Å². The van der Waals surface area contributed by atoms with Gasteiger partial charge in [-0.1, -0.05) is 0 Å². The maximum Gasteiger partial charge on any atom is 0.0341 e. The molecule has 2 rings (SSSR count). The van der Waals surface area contributed by atoms with Gasteiger partial charge in [0.25, 0.3) is 0 Å². The van der Waals surface area contributed by atoms with Crippen molar-refractivity contribution < 1.29 is 0 Å². The Kier molecular flexibility index (Phi) is 12.3. The highest BCUT2D eigenvalue weighted by atomic mass is 32.1. The van der Waals surface area contributed by atoms with Crippen molar-refractivity contribution >= 4 is 48.0 Å². The second-order valence-electron chi connectivity index (χ2n) is 6.77. The van der Waals surface area contributed by atoms with Gasteiger partial charge >= 0.3 is 0 Å². The van der Waals surface area contributed by atoms with E-state index in [0.717, 1.165) is 86.4 Å². The summed E-state index contributed by atoms with van der Waals surface area (Å²) >= 11 is 8.41. The Labute approximate surface area is 186 Å². The molecular formula is C22H35N5S2. The lowest BCUT2D eigenvalue weighted by Gasteiger charge is -2.10. The zero-order valence-electron chi connectivity index (χ0n) is 17.1. The maximum absolute atomic E-state index is 4.20. The number of hydrogen-bond acceptors (Lipinski definition) is 7. The van der Waals surface area contributed by atoms with Crippen LogP contribution in [0.5, 0.6) is 0 Å². The highest BCUT2D eigenvalue weighted by Gasteiger charge is 1.96. The number of nitrogens with one attached hydrogen (secondary N) is 5. The van der Waals surface area contributed by atoms with Gasteiger partial charge in [0.2, 0.25) is 0 Å². The minimum absolute atomic E-state index is 0.838. The fourth-order valence-electron chi connectivity index (χ4n) is 2.83. The Morgan fingerprint density at radius 1 is 0.448 bits per heavy atom. The molecule has 2 aromatic carbocycles. The van der Waals surface area contributed by atoms with E-state index in [1.807, 2.05) is 0 Å². The molecule has 0 fully saturated rings. The summed E-state index contributed by atoms with van der Waals surface area (Å²) in [6, 6.07) is 16.9. The number of rotatable bonds is 16. The molecular weight excluding hydrogens is 398 g/mol. The molecule has 0 unspecified atom stereocenters. The first kappa shape index (κ1) is 23.6. The highest BCUT2D eigenvalue weighted by Crippen LogP contribution is 2.14. The summed E-state index contributed by atoms with van der Waals surface area (Å²) in [6.07, 6.45) is 2.21. The minimum atomic E-state index is 0.838. The Morgan fingerprint density at radius 3 is 1.07 bits per heavy atom. The van der Waals surface area contributed by atoms with E-state index in [0.29, 0.717) is 0 Å². The SMILES string of the molecule is SCCNc1ccc(NCCCNCCCNc2ccc(NCCS)cc2)cc1. The average molecular weight is 434 g/mol. The predicted molar refractivity (Wildman–Crippen MR) is 137 cm³/mol. The van der Waals surface area contributed by atoms with E-state index in [4.69, 9.17) is 0 Å². The first-order valence-electron chi connectivity index (χ1n) is 10.4. The second kappa shape index (κ2) is 15.2. The van der Waals surface area contributed by atoms with Crippen LogP contribution < -0.4 is 26.6 Å². The lowest BCUT2D eigenvalue weighted by Crippen LogP contribution is -2.21. The summed E-state index contributed by atoms with van der Waals surface area (Å²) in [4.78, 5) is 0. The number of thiol groups is 2. The van der Waals surface area contributed by atoms with Crippen molar-refractivity contribution in [3.05, 3.63) is 48.5 Å². The molecule has 0 atom stereocenters. The largest absolute Gasteiger partial charge is 0.385 e. The van der Waals surface area contributed by atoms with Crippen LogP contribution in [0.3, 0.4) is 0 Å². The summed E-state index contributed by atoms with van der Waals surface area (Å²) in [5, 5.41) is 17.1. The quantitative estimate of drug-likeness (QED) is 0.159. The molecule has 2 aromatic rings. The topological polar surface area (TPSA) is 60.1 Å². The van der Waals surface area contributed by atoms with E-state index in [9.17, 15) is 0 Å². The van der Waals surface area contributed by atoms with E-state index in [-0.39, 0.29) is 0 Å². The van der Waals surface area contributed by atoms with Crippen LogP contribution in [0.1, 0.15) is 12.8 Å². The van der Waals surface area contributed by atoms with Gasteiger partial charge in [0.05, 0.1) is 0 Å². The summed E-state index contributed by atoms with van der Waals surface area (Å²) in [6.45, 7) is 5.78. The van der Waals surface area contributed by atoms with E-state index in [2.05, 4.69) is 100 Å². The normalized spacial score (nSPS) is 10.6. The van der Waals surface area contributed by atoms with E-state index < -0.39 is 0 Å². The average Bonchev–Trinajstić information content (AvgIpc) is 2.76.